The molecule has 1 aliphatic heterocycles. The summed E-state index contributed by atoms with van der Waals surface area (Å²) >= 11 is 11.1. The Kier molecular flexibility index (Phi) is 3.57. The highest BCUT2D eigenvalue weighted by molar-refractivity contribution is 7.43. The summed E-state index contributed by atoms with van der Waals surface area (Å²) < 4.78 is 16.1. The third-order valence-corrected chi connectivity index (χ3v) is 3.22. The van der Waals surface area contributed by atoms with E-state index in [2.05, 4.69) is 0 Å². The van der Waals surface area contributed by atoms with E-state index < -0.39 is 8.60 Å². The number of allylic oxidation sites excluding steroid dienone is 1. The van der Waals surface area contributed by atoms with Crippen LogP contribution < -0.4 is 9.05 Å². The molecule has 0 amide bonds. The van der Waals surface area contributed by atoms with E-state index in [-0.39, 0.29) is 5.88 Å². The number of rotatable bonds is 3. The SMILES string of the molecule is Cl/C=C(/CCl)OP1Oc2ccccc2O1. The Morgan fingerprint density at radius 3 is 2.40 bits per heavy atom. The van der Waals surface area contributed by atoms with Crippen molar-refractivity contribution < 1.29 is 13.6 Å². The summed E-state index contributed by atoms with van der Waals surface area (Å²) in [6, 6.07) is 7.35. The van der Waals surface area contributed by atoms with E-state index in [4.69, 9.17) is 36.8 Å². The molecule has 0 radical (unpaired) electrons. The minimum Gasteiger partial charge on any atom is -0.411 e. The van der Waals surface area contributed by atoms with Gasteiger partial charge in [-0.1, -0.05) is 23.7 Å². The first kappa shape index (κ1) is 10.9. The van der Waals surface area contributed by atoms with Crippen LogP contribution in [0.1, 0.15) is 0 Å². The van der Waals surface area contributed by atoms with Crippen molar-refractivity contribution >= 4 is 31.8 Å². The fourth-order valence-corrected chi connectivity index (χ4v) is 2.50. The summed E-state index contributed by atoms with van der Waals surface area (Å²) in [7, 11) is -1.46. The molecule has 0 aromatic heterocycles. The van der Waals surface area contributed by atoms with Crippen molar-refractivity contribution in [2.45, 2.75) is 0 Å². The van der Waals surface area contributed by atoms with Crippen LogP contribution >= 0.6 is 31.8 Å². The molecule has 15 heavy (non-hydrogen) atoms. The first-order valence-electron chi connectivity index (χ1n) is 4.12. The lowest BCUT2D eigenvalue weighted by atomic mass is 10.3. The maximum absolute atomic E-state index is 5.58. The Morgan fingerprint density at radius 2 is 1.93 bits per heavy atom. The standard InChI is InChI=1S/C9H7Cl2O3P/c10-5-7(6-11)12-15-13-8-3-1-2-4-9(8)14-15/h1-5H,6H2/b7-5-. The number of halogens is 2. The van der Waals surface area contributed by atoms with Crippen LogP contribution in [-0.4, -0.2) is 5.88 Å². The second-order valence-electron chi connectivity index (χ2n) is 2.65. The zero-order valence-corrected chi connectivity index (χ0v) is 9.93. The molecule has 80 valence electrons. The molecule has 6 heteroatoms. The Morgan fingerprint density at radius 1 is 1.33 bits per heavy atom. The Labute approximate surface area is 98.5 Å². The zero-order chi connectivity index (χ0) is 10.7. The summed E-state index contributed by atoms with van der Waals surface area (Å²) in [5, 5.41) is 0. The molecule has 0 unspecified atom stereocenters. The molecule has 0 saturated heterocycles. The molecule has 1 aromatic rings. The van der Waals surface area contributed by atoms with Gasteiger partial charge in [0.2, 0.25) is 0 Å². The zero-order valence-electron chi connectivity index (χ0n) is 7.52. The van der Waals surface area contributed by atoms with E-state index >= 15 is 0 Å². The normalized spacial score (nSPS) is 15.5. The van der Waals surface area contributed by atoms with Crippen LogP contribution in [0.15, 0.2) is 35.6 Å². The van der Waals surface area contributed by atoms with Crippen molar-refractivity contribution in [3.8, 4) is 11.5 Å². The third kappa shape index (κ3) is 2.49. The average Bonchev–Trinajstić information content (AvgIpc) is 2.68. The highest BCUT2D eigenvalue weighted by Gasteiger charge is 2.29. The topological polar surface area (TPSA) is 27.7 Å². The smallest absolute Gasteiger partial charge is 0.411 e. The Hall–Kier alpha value is -0.630. The molecule has 0 spiro atoms. The average molecular weight is 265 g/mol. The number of benzene rings is 1. The van der Waals surface area contributed by atoms with Crippen LogP contribution in [0.5, 0.6) is 11.5 Å². The molecule has 2 rings (SSSR count). The number of fused-ring (bicyclic) bond motifs is 1. The Bertz CT molecular complexity index is 358. The molecule has 0 aliphatic carbocycles. The van der Waals surface area contributed by atoms with Crippen molar-refractivity contribution in [1.82, 2.24) is 0 Å². The molecule has 0 saturated carbocycles. The van der Waals surface area contributed by atoms with Gasteiger partial charge in [-0.25, -0.2) is 0 Å². The second kappa shape index (κ2) is 4.93. The van der Waals surface area contributed by atoms with E-state index in [1.54, 1.807) is 0 Å². The minimum atomic E-state index is -1.46. The summed E-state index contributed by atoms with van der Waals surface area (Å²) in [5.74, 6) is 1.96. The minimum absolute atomic E-state index is 0.186. The fourth-order valence-electron chi connectivity index (χ4n) is 0.987. The van der Waals surface area contributed by atoms with Gasteiger partial charge in [0.05, 0.1) is 5.88 Å². The van der Waals surface area contributed by atoms with E-state index in [0.717, 1.165) is 0 Å². The first-order valence-corrected chi connectivity index (χ1v) is 6.18. The van der Waals surface area contributed by atoms with Crippen molar-refractivity contribution in [2.75, 3.05) is 5.88 Å². The van der Waals surface area contributed by atoms with Gasteiger partial charge in [0.1, 0.15) is 5.76 Å². The van der Waals surface area contributed by atoms with Crippen LogP contribution in [0.4, 0.5) is 0 Å². The molecular weight excluding hydrogens is 258 g/mol. The van der Waals surface area contributed by atoms with Crippen LogP contribution in [0.2, 0.25) is 0 Å². The van der Waals surface area contributed by atoms with Crippen molar-refractivity contribution in [1.29, 1.82) is 0 Å². The highest BCUT2D eigenvalue weighted by atomic mass is 35.5. The lowest BCUT2D eigenvalue weighted by molar-refractivity contribution is 0.365. The van der Waals surface area contributed by atoms with Crippen molar-refractivity contribution in [3.63, 3.8) is 0 Å². The fraction of sp³-hybridized carbons (Fsp3) is 0.111. The summed E-state index contributed by atoms with van der Waals surface area (Å²) in [6.45, 7) is 0. The first-order chi connectivity index (χ1) is 7.33. The molecular formula is C9H7Cl2O3P. The molecule has 0 bridgehead atoms. The van der Waals surface area contributed by atoms with Gasteiger partial charge in [-0.15, -0.1) is 11.6 Å². The van der Waals surface area contributed by atoms with E-state index in [9.17, 15) is 0 Å². The maximum Gasteiger partial charge on any atom is 0.530 e. The number of hydrogen-bond donors (Lipinski definition) is 0. The molecule has 0 N–H and O–H groups in total. The predicted molar refractivity (Wildman–Crippen MR) is 60.4 cm³/mol. The van der Waals surface area contributed by atoms with E-state index in [1.165, 1.54) is 5.54 Å². The summed E-state index contributed by atoms with van der Waals surface area (Å²) in [5.41, 5.74) is 1.27. The van der Waals surface area contributed by atoms with Crippen LogP contribution in [0.3, 0.4) is 0 Å². The lowest BCUT2D eigenvalue weighted by Gasteiger charge is -2.09. The maximum atomic E-state index is 5.58. The van der Waals surface area contributed by atoms with Gasteiger partial charge < -0.3 is 13.6 Å². The monoisotopic (exact) mass is 264 g/mol. The van der Waals surface area contributed by atoms with Crippen molar-refractivity contribution in [2.24, 2.45) is 0 Å². The van der Waals surface area contributed by atoms with E-state index in [0.29, 0.717) is 17.3 Å². The molecule has 1 heterocycles. The van der Waals surface area contributed by atoms with Crippen molar-refractivity contribution in [3.05, 3.63) is 35.6 Å². The predicted octanol–water partition coefficient (Wildman–Crippen LogP) is 4.02. The van der Waals surface area contributed by atoms with Gasteiger partial charge in [0.25, 0.3) is 0 Å². The second-order valence-corrected chi connectivity index (χ2v) is 4.13. The number of hydrogen-bond acceptors (Lipinski definition) is 3. The Balaban J connectivity index is 2.01. The van der Waals surface area contributed by atoms with Gasteiger partial charge in [0.15, 0.2) is 11.5 Å². The highest BCUT2D eigenvalue weighted by Crippen LogP contribution is 2.53. The van der Waals surface area contributed by atoms with Gasteiger partial charge >= 0.3 is 8.60 Å². The van der Waals surface area contributed by atoms with Gasteiger partial charge in [-0.05, 0) is 12.1 Å². The van der Waals surface area contributed by atoms with E-state index in [1.807, 2.05) is 24.3 Å². The summed E-state index contributed by atoms with van der Waals surface area (Å²) in [6.07, 6.45) is 0. The number of alkyl halides is 1. The van der Waals surface area contributed by atoms with Crippen LogP contribution in [0, 0.1) is 0 Å². The molecule has 0 atom stereocenters. The molecule has 3 nitrogen and oxygen atoms in total. The van der Waals surface area contributed by atoms with Gasteiger partial charge in [-0.3, -0.25) is 0 Å². The van der Waals surface area contributed by atoms with Gasteiger partial charge in [-0.2, -0.15) is 0 Å². The van der Waals surface area contributed by atoms with Crippen LogP contribution in [-0.2, 0) is 4.52 Å². The molecule has 1 aliphatic rings. The lowest BCUT2D eigenvalue weighted by Crippen LogP contribution is -1.93. The van der Waals surface area contributed by atoms with Crippen LogP contribution in [0.25, 0.3) is 0 Å². The largest absolute Gasteiger partial charge is 0.530 e. The van der Waals surface area contributed by atoms with Gasteiger partial charge in [0, 0.05) is 5.54 Å². The molecule has 1 aromatic carbocycles. The third-order valence-electron chi connectivity index (χ3n) is 1.64. The summed E-state index contributed by atoms with van der Waals surface area (Å²) in [4.78, 5) is 0. The number of para-hydroxylation sites is 2. The molecule has 0 fully saturated rings. The quantitative estimate of drug-likeness (QED) is 0.469.